The number of hydrogen-bond donors (Lipinski definition) is 1. The summed E-state index contributed by atoms with van der Waals surface area (Å²) in [6.07, 6.45) is 0.425. The number of primary amides is 1. The smallest absolute Gasteiger partial charge is 0.260 e. The van der Waals surface area contributed by atoms with Gasteiger partial charge in [0.05, 0.1) is 17.1 Å². The van der Waals surface area contributed by atoms with Crippen LogP contribution < -0.4 is 10.5 Å². The number of sulfone groups is 1. The highest BCUT2D eigenvalue weighted by Gasteiger charge is 2.35. The largest absolute Gasteiger partial charge is 0.483 e. The minimum Gasteiger partial charge on any atom is -0.483 e. The average Bonchev–Trinajstić information content (AvgIpc) is 2.90. The van der Waals surface area contributed by atoms with Crippen molar-refractivity contribution in [1.29, 1.82) is 0 Å². The minimum atomic E-state index is -3.11. The van der Waals surface area contributed by atoms with Gasteiger partial charge in [-0.05, 0) is 30.5 Å². The van der Waals surface area contributed by atoms with Crippen LogP contribution in [0.15, 0.2) is 18.2 Å². The number of nitrogens with zero attached hydrogens (tertiary/aromatic N) is 1. The van der Waals surface area contributed by atoms with Crippen molar-refractivity contribution in [3.63, 3.8) is 0 Å². The van der Waals surface area contributed by atoms with Crippen molar-refractivity contribution in [3.05, 3.63) is 28.8 Å². The Kier molecular flexibility index (Phi) is 6.52. The van der Waals surface area contributed by atoms with E-state index in [9.17, 15) is 18.0 Å². The van der Waals surface area contributed by atoms with Crippen molar-refractivity contribution in [2.75, 3.05) is 24.7 Å². The van der Waals surface area contributed by atoms with E-state index in [1.807, 2.05) is 13.8 Å². The highest BCUT2D eigenvalue weighted by atomic mass is 35.5. The van der Waals surface area contributed by atoms with Crippen LogP contribution in [-0.2, 0) is 14.6 Å². The second-order valence-electron chi connectivity index (χ2n) is 6.79. The van der Waals surface area contributed by atoms with E-state index in [0.717, 1.165) is 0 Å². The van der Waals surface area contributed by atoms with Gasteiger partial charge < -0.3 is 15.4 Å². The molecular weight excluding hydrogens is 380 g/mol. The number of nitrogens with two attached hydrogens (primary N) is 1. The van der Waals surface area contributed by atoms with Gasteiger partial charge in [0.15, 0.2) is 16.4 Å². The summed E-state index contributed by atoms with van der Waals surface area (Å²) in [5.74, 6) is -0.637. The number of carbonyl (C=O) groups excluding carboxylic acids is 2. The monoisotopic (exact) mass is 402 g/mol. The predicted molar refractivity (Wildman–Crippen MR) is 99.1 cm³/mol. The van der Waals surface area contributed by atoms with Crippen molar-refractivity contribution in [3.8, 4) is 5.75 Å². The maximum Gasteiger partial charge on any atom is 0.260 e. The Hall–Kier alpha value is -1.80. The summed E-state index contributed by atoms with van der Waals surface area (Å²) < 4.78 is 29.0. The lowest BCUT2D eigenvalue weighted by atomic mass is 10.1. The molecule has 1 aliphatic heterocycles. The fourth-order valence-electron chi connectivity index (χ4n) is 2.91. The first-order valence-corrected chi connectivity index (χ1v) is 10.5. The average molecular weight is 403 g/mol. The van der Waals surface area contributed by atoms with E-state index >= 15 is 0 Å². The lowest BCUT2D eigenvalue weighted by molar-refractivity contribution is -0.135. The van der Waals surface area contributed by atoms with Gasteiger partial charge in [-0.2, -0.15) is 0 Å². The molecule has 1 fully saturated rings. The van der Waals surface area contributed by atoms with Crippen LogP contribution in [0.4, 0.5) is 0 Å². The molecule has 2 amide bonds. The topological polar surface area (TPSA) is 107 Å². The molecule has 0 bridgehead atoms. The molecule has 1 saturated heterocycles. The maximum absolute atomic E-state index is 12.7. The molecule has 9 heteroatoms. The maximum atomic E-state index is 12.7. The van der Waals surface area contributed by atoms with Crippen LogP contribution >= 0.6 is 11.6 Å². The van der Waals surface area contributed by atoms with E-state index in [4.69, 9.17) is 22.1 Å². The molecule has 26 heavy (non-hydrogen) atoms. The molecule has 2 N–H and O–H groups in total. The first-order valence-electron chi connectivity index (χ1n) is 8.31. The van der Waals surface area contributed by atoms with Gasteiger partial charge in [-0.25, -0.2) is 8.42 Å². The first kappa shape index (κ1) is 20.5. The van der Waals surface area contributed by atoms with Gasteiger partial charge in [0, 0.05) is 17.6 Å². The second-order valence-corrected chi connectivity index (χ2v) is 9.46. The van der Waals surface area contributed by atoms with Crippen molar-refractivity contribution in [2.45, 2.75) is 26.3 Å². The van der Waals surface area contributed by atoms with Crippen LogP contribution in [-0.4, -0.2) is 55.8 Å². The Morgan fingerprint density at radius 2 is 2.08 bits per heavy atom. The normalized spacial score (nSPS) is 18.7. The van der Waals surface area contributed by atoms with Crippen molar-refractivity contribution >= 4 is 33.3 Å². The van der Waals surface area contributed by atoms with E-state index in [1.54, 1.807) is 4.90 Å². The molecule has 0 unspecified atom stereocenters. The van der Waals surface area contributed by atoms with Gasteiger partial charge in [-0.15, -0.1) is 0 Å². The van der Waals surface area contributed by atoms with Gasteiger partial charge >= 0.3 is 0 Å². The molecule has 1 aromatic rings. The van der Waals surface area contributed by atoms with E-state index in [-0.39, 0.29) is 47.3 Å². The second kappa shape index (κ2) is 8.26. The fraction of sp³-hybridized carbons (Fsp3) is 0.529. The third-order valence-corrected chi connectivity index (χ3v) is 6.08. The standard InChI is InChI=1S/C17H23ClN2O5S/c1-11(2)8-20(13-5-6-26(23,24)10-13)16(21)9-25-15-4-3-12(18)7-14(15)17(19)22/h3-4,7,11,13H,5-6,8-10H2,1-2H3,(H2,19,22)/t13-/m1/s1. The van der Waals surface area contributed by atoms with Crippen LogP contribution in [0.5, 0.6) is 5.75 Å². The third-order valence-electron chi connectivity index (χ3n) is 4.09. The molecule has 0 aromatic heterocycles. The predicted octanol–water partition coefficient (Wildman–Crippen LogP) is 1.49. The molecule has 7 nitrogen and oxygen atoms in total. The van der Waals surface area contributed by atoms with E-state index in [2.05, 4.69) is 0 Å². The first-order chi connectivity index (χ1) is 12.1. The molecule has 1 atom stereocenters. The summed E-state index contributed by atoms with van der Waals surface area (Å²) in [5.41, 5.74) is 5.39. The number of carbonyl (C=O) groups is 2. The summed E-state index contributed by atoms with van der Waals surface area (Å²) in [5, 5.41) is 0.329. The van der Waals surface area contributed by atoms with Gasteiger partial charge in [0.2, 0.25) is 0 Å². The number of amides is 2. The van der Waals surface area contributed by atoms with E-state index in [0.29, 0.717) is 18.0 Å². The summed E-state index contributed by atoms with van der Waals surface area (Å²) in [6, 6.07) is 4.03. The van der Waals surface area contributed by atoms with Gasteiger partial charge in [0.1, 0.15) is 5.75 Å². The zero-order valence-corrected chi connectivity index (χ0v) is 16.3. The molecule has 144 valence electrons. The quantitative estimate of drug-likeness (QED) is 0.743. The summed E-state index contributed by atoms with van der Waals surface area (Å²) in [4.78, 5) is 25.7. The molecular formula is C17H23ClN2O5S. The molecule has 2 rings (SSSR count). The van der Waals surface area contributed by atoms with Gasteiger partial charge in [-0.1, -0.05) is 25.4 Å². The molecule has 0 spiro atoms. The van der Waals surface area contributed by atoms with Crippen molar-refractivity contribution < 1.29 is 22.7 Å². The van der Waals surface area contributed by atoms with Gasteiger partial charge in [0.25, 0.3) is 11.8 Å². The summed E-state index contributed by atoms with van der Waals surface area (Å²) in [7, 11) is -3.11. The molecule has 1 aliphatic rings. The molecule has 0 aliphatic carbocycles. The lowest BCUT2D eigenvalue weighted by Gasteiger charge is -2.30. The zero-order chi connectivity index (χ0) is 19.5. The van der Waals surface area contributed by atoms with E-state index < -0.39 is 15.7 Å². The number of benzene rings is 1. The summed E-state index contributed by atoms with van der Waals surface area (Å²) >= 11 is 5.85. The third kappa shape index (κ3) is 5.35. The molecule has 0 saturated carbocycles. The number of halogens is 1. The Labute approximate surface area is 158 Å². The minimum absolute atomic E-state index is 0.0288. The lowest BCUT2D eigenvalue weighted by Crippen LogP contribution is -2.45. The summed E-state index contributed by atoms with van der Waals surface area (Å²) in [6.45, 7) is 4.03. The number of ether oxygens (including phenoxy) is 1. The zero-order valence-electron chi connectivity index (χ0n) is 14.8. The van der Waals surface area contributed by atoms with Crippen LogP contribution in [0, 0.1) is 5.92 Å². The molecule has 1 heterocycles. The van der Waals surface area contributed by atoms with Crippen LogP contribution in [0.3, 0.4) is 0 Å². The van der Waals surface area contributed by atoms with E-state index in [1.165, 1.54) is 18.2 Å². The number of rotatable bonds is 7. The highest BCUT2D eigenvalue weighted by molar-refractivity contribution is 7.91. The van der Waals surface area contributed by atoms with Gasteiger partial charge in [-0.3, -0.25) is 9.59 Å². The van der Waals surface area contributed by atoms with Crippen molar-refractivity contribution in [1.82, 2.24) is 4.90 Å². The Balaban J connectivity index is 2.12. The van der Waals surface area contributed by atoms with Crippen LogP contribution in [0.2, 0.25) is 5.02 Å². The molecule has 0 radical (unpaired) electrons. The fourth-order valence-corrected chi connectivity index (χ4v) is 4.81. The highest BCUT2D eigenvalue weighted by Crippen LogP contribution is 2.23. The van der Waals surface area contributed by atoms with Crippen molar-refractivity contribution in [2.24, 2.45) is 11.7 Å². The van der Waals surface area contributed by atoms with Crippen LogP contribution in [0.1, 0.15) is 30.6 Å². The Morgan fingerprint density at radius 1 is 1.38 bits per heavy atom. The SMILES string of the molecule is CC(C)CN(C(=O)COc1ccc(Cl)cc1C(N)=O)[C@@H]1CCS(=O)(=O)C1. The number of hydrogen-bond acceptors (Lipinski definition) is 5. The van der Waals surface area contributed by atoms with Crippen LogP contribution in [0.25, 0.3) is 0 Å². The Morgan fingerprint density at radius 3 is 2.62 bits per heavy atom. The molecule has 1 aromatic carbocycles. The Bertz CT molecular complexity index is 794.